The lowest BCUT2D eigenvalue weighted by molar-refractivity contribution is -0.143. The smallest absolute Gasteiger partial charge is 0.253 e. The minimum atomic E-state index is -1.44. The molecule has 1 amide bonds. The highest BCUT2D eigenvalue weighted by Gasteiger charge is 2.22. The van der Waals surface area contributed by atoms with Gasteiger partial charge in [0.15, 0.2) is 12.7 Å². The molecule has 0 aromatic rings. The van der Waals surface area contributed by atoms with E-state index >= 15 is 0 Å². The molecule has 0 aromatic heterocycles. The summed E-state index contributed by atoms with van der Waals surface area (Å²) in [6, 6.07) is 0. The first kappa shape index (κ1) is 13.3. The average molecular weight is 208 g/mol. The van der Waals surface area contributed by atoms with Crippen molar-refractivity contribution in [3.8, 4) is 0 Å². The molecule has 0 aromatic carbocycles. The van der Waals surface area contributed by atoms with E-state index in [9.17, 15) is 4.79 Å². The zero-order chi connectivity index (χ0) is 11.1. The third-order valence-electron chi connectivity index (χ3n) is 1.82. The highest BCUT2D eigenvalue weighted by molar-refractivity contribution is 5.80. The fraction of sp³-hybridized carbons (Fsp3) is 0.875. The lowest BCUT2D eigenvalue weighted by Gasteiger charge is -2.24. The van der Waals surface area contributed by atoms with Crippen molar-refractivity contribution in [1.82, 2.24) is 4.90 Å². The van der Waals surface area contributed by atoms with Crippen LogP contribution in [-0.4, -0.2) is 69.7 Å². The Kier molecular flexibility index (Phi) is 6.39. The van der Waals surface area contributed by atoms with Gasteiger partial charge in [-0.15, -0.1) is 0 Å². The van der Waals surface area contributed by atoms with Crippen LogP contribution < -0.4 is 0 Å². The predicted molar refractivity (Wildman–Crippen MR) is 49.8 cm³/mol. The largest absolute Gasteiger partial charge is 0.443 e. The molecular weight excluding hydrogens is 190 g/mol. The summed E-state index contributed by atoms with van der Waals surface area (Å²) < 4.78 is 0. The third kappa shape index (κ3) is 4.01. The van der Waals surface area contributed by atoms with Crippen molar-refractivity contribution in [3.05, 3.63) is 0 Å². The molecular formula is C8H18NO5+. The first-order chi connectivity index (χ1) is 6.56. The molecule has 0 aliphatic carbocycles. The van der Waals surface area contributed by atoms with Gasteiger partial charge in [-0.25, -0.2) is 0 Å². The monoisotopic (exact) mass is 208 g/mol. The van der Waals surface area contributed by atoms with Crippen LogP contribution in [0.2, 0.25) is 0 Å². The molecule has 0 aliphatic rings. The Morgan fingerprint density at radius 1 is 1.50 bits per heavy atom. The molecule has 2 atom stereocenters. The zero-order valence-electron chi connectivity index (χ0n) is 8.18. The van der Waals surface area contributed by atoms with Gasteiger partial charge in [-0.3, -0.25) is 4.79 Å². The molecule has 0 rings (SSSR count). The lowest BCUT2D eigenvalue weighted by atomic mass is 10.2. The van der Waals surface area contributed by atoms with Gasteiger partial charge in [0.2, 0.25) is 0 Å². The van der Waals surface area contributed by atoms with Gasteiger partial charge in [0.1, 0.15) is 6.10 Å². The molecule has 2 unspecified atom stereocenters. The van der Waals surface area contributed by atoms with E-state index in [1.165, 1.54) is 4.90 Å². The number of hydrogen-bond donors (Lipinski definition) is 3. The van der Waals surface area contributed by atoms with Crippen LogP contribution in [0.1, 0.15) is 6.92 Å². The summed E-state index contributed by atoms with van der Waals surface area (Å²) >= 11 is 0. The number of rotatable bonds is 6. The molecule has 6 heteroatoms. The van der Waals surface area contributed by atoms with E-state index in [2.05, 4.69) is 0 Å². The minimum absolute atomic E-state index is 0.00981. The van der Waals surface area contributed by atoms with E-state index in [-0.39, 0.29) is 13.2 Å². The van der Waals surface area contributed by atoms with Crippen LogP contribution in [-0.2, 0) is 4.79 Å². The summed E-state index contributed by atoms with van der Waals surface area (Å²) in [6.07, 6.45) is -2.35. The van der Waals surface area contributed by atoms with Crippen molar-refractivity contribution < 1.29 is 25.2 Å². The Bertz CT molecular complexity index is 175. The summed E-state index contributed by atoms with van der Waals surface area (Å²) in [4.78, 5) is 12.5. The van der Waals surface area contributed by atoms with E-state index in [0.717, 1.165) is 0 Å². The van der Waals surface area contributed by atoms with Gasteiger partial charge in [0.05, 0.1) is 13.2 Å². The van der Waals surface area contributed by atoms with Crippen LogP contribution in [0.15, 0.2) is 0 Å². The molecule has 0 saturated carbocycles. The van der Waals surface area contributed by atoms with E-state index in [4.69, 9.17) is 20.4 Å². The molecule has 14 heavy (non-hydrogen) atoms. The van der Waals surface area contributed by atoms with Crippen molar-refractivity contribution in [2.75, 3.05) is 26.3 Å². The second kappa shape index (κ2) is 6.72. The van der Waals surface area contributed by atoms with Gasteiger partial charge < -0.3 is 25.3 Å². The Hall–Kier alpha value is -0.690. The van der Waals surface area contributed by atoms with Crippen LogP contribution >= 0.6 is 0 Å². The minimum Gasteiger partial charge on any atom is -0.443 e. The SMILES string of the molecule is CCN(CC(O)C[OH2+])C(=O)C(O)CO. The number of hydrogen-bond acceptors (Lipinski definition) is 4. The van der Waals surface area contributed by atoms with Crippen LogP contribution in [0.4, 0.5) is 0 Å². The van der Waals surface area contributed by atoms with E-state index in [1.54, 1.807) is 6.92 Å². The highest BCUT2D eigenvalue weighted by atomic mass is 16.3. The average Bonchev–Trinajstić information content (AvgIpc) is 2.23. The van der Waals surface area contributed by atoms with Crippen molar-refractivity contribution in [2.24, 2.45) is 0 Å². The van der Waals surface area contributed by atoms with E-state index < -0.39 is 24.7 Å². The number of carbonyl (C=O) groups is 1. The number of amides is 1. The zero-order valence-corrected chi connectivity index (χ0v) is 8.18. The number of nitrogens with zero attached hydrogens (tertiary/aromatic N) is 1. The number of aliphatic hydroxyl groups is 3. The van der Waals surface area contributed by atoms with Gasteiger partial charge >= 0.3 is 0 Å². The molecule has 0 radical (unpaired) electrons. The summed E-state index contributed by atoms with van der Waals surface area (Å²) in [5.74, 6) is -0.623. The second-order valence-corrected chi connectivity index (χ2v) is 2.93. The van der Waals surface area contributed by atoms with E-state index in [0.29, 0.717) is 6.54 Å². The topological polar surface area (TPSA) is 104 Å². The molecule has 0 aliphatic heterocycles. The quantitative estimate of drug-likeness (QED) is 0.412. The van der Waals surface area contributed by atoms with Gasteiger partial charge in [-0.05, 0) is 6.92 Å². The molecule has 84 valence electrons. The number of aliphatic hydroxyl groups excluding tert-OH is 3. The maximum atomic E-state index is 11.3. The van der Waals surface area contributed by atoms with Gasteiger partial charge in [-0.2, -0.15) is 0 Å². The third-order valence-corrected chi connectivity index (χ3v) is 1.82. The second-order valence-electron chi connectivity index (χ2n) is 2.93. The van der Waals surface area contributed by atoms with Crippen LogP contribution in [0.3, 0.4) is 0 Å². The summed E-state index contributed by atoms with van der Waals surface area (Å²) in [7, 11) is 0. The number of carbonyl (C=O) groups excluding carboxylic acids is 1. The van der Waals surface area contributed by atoms with Gasteiger partial charge in [-0.1, -0.05) is 0 Å². The van der Waals surface area contributed by atoms with Crippen molar-refractivity contribution in [2.45, 2.75) is 19.1 Å². The fourth-order valence-corrected chi connectivity index (χ4v) is 0.983. The summed E-state index contributed by atoms with van der Waals surface area (Å²) in [5.41, 5.74) is 0. The Labute approximate surface area is 82.4 Å². The maximum Gasteiger partial charge on any atom is 0.253 e. The molecule has 5 N–H and O–H groups in total. The number of likely N-dealkylation sites (N-methyl/N-ethyl adjacent to an activating group) is 1. The van der Waals surface area contributed by atoms with Crippen molar-refractivity contribution >= 4 is 5.91 Å². The first-order valence-electron chi connectivity index (χ1n) is 4.47. The standard InChI is InChI=1S/C8H17NO5/c1-2-9(3-6(12)4-10)8(14)7(13)5-11/h6-7,10-13H,2-5H2,1H3/p+1. The molecule has 0 fully saturated rings. The first-order valence-corrected chi connectivity index (χ1v) is 4.47. The van der Waals surface area contributed by atoms with Gasteiger partial charge in [0.25, 0.3) is 5.91 Å². The van der Waals surface area contributed by atoms with Gasteiger partial charge in [0, 0.05) is 6.54 Å². The van der Waals surface area contributed by atoms with E-state index in [1.807, 2.05) is 0 Å². The van der Waals surface area contributed by atoms with Crippen molar-refractivity contribution in [3.63, 3.8) is 0 Å². The fourth-order valence-electron chi connectivity index (χ4n) is 0.983. The Balaban J connectivity index is 4.18. The lowest BCUT2D eigenvalue weighted by Crippen LogP contribution is -2.45. The van der Waals surface area contributed by atoms with Crippen LogP contribution in [0.25, 0.3) is 0 Å². The van der Waals surface area contributed by atoms with Crippen molar-refractivity contribution in [1.29, 1.82) is 0 Å². The molecule has 6 nitrogen and oxygen atoms in total. The van der Waals surface area contributed by atoms with Crippen LogP contribution in [0.5, 0.6) is 0 Å². The molecule has 0 bridgehead atoms. The summed E-state index contributed by atoms with van der Waals surface area (Å²) in [5, 5.41) is 33.6. The summed E-state index contributed by atoms with van der Waals surface area (Å²) in [6.45, 7) is 1.20. The Morgan fingerprint density at radius 3 is 2.43 bits per heavy atom. The normalized spacial score (nSPS) is 14.9. The Morgan fingerprint density at radius 2 is 2.07 bits per heavy atom. The molecule has 0 spiro atoms. The molecule has 0 heterocycles. The molecule has 0 saturated heterocycles. The predicted octanol–water partition coefficient (Wildman–Crippen LogP) is -2.73. The highest BCUT2D eigenvalue weighted by Crippen LogP contribution is 1.97. The van der Waals surface area contributed by atoms with Crippen LogP contribution in [0, 0.1) is 0 Å². The maximum absolute atomic E-state index is 11.3.